The summed E-state index contributed by atoms with van der Waals surface area (Å²) in [5, 5.41) is 10.1. The van der Waals surface area contributed by atoms with Gasteiger partial charge in [0.05, 0.1) is 17.1 Å². The number of carbonyl (C=O) groups excluding carboxylic acids is 3. The molecule has 1 aliphatic heterocycles. The molecule has 0 unspecified atom stereocenters. The lowest BCUT2D eigenvalue weighted by molar-refractivity contribution is -0.125. The SMILES string of the molecule is Cc1cc(C)n(C[C@H](C)CNC(=O)CCC(=O)N2CC(=O)Nc3ccccc32)n1. The monoisotopic (exact) mass is 397 g/mol. The van der Waals surface area contributed by atoms with Crippen LogP contribution in [0.25, 0.3) is 0 Å². The van der Waals surface area contributed by atoms with Crippen LogP contribution in [-0.4, -0.2) is 40.6 Å². The predicted molar refractivity (Wildman–Crippen MR) is 111 cm³/mol. The second-order valence-corrected chi connectivity index (χ2v) is 7.56. The number of hydrogen-bond donors (Lipinski definition) is 2. The minimum absolute atomic E-state index is 0.0306. The molecule has 0 saturated heterocycles. The van der Waals surface area contributed by atoms with Crippen molar-refractivity contribution in [2.75, 3.05) is 23.3 Å². The molecule has 0 spiro atoms. The number of fused-ring (bicyclic) bond motifs is 1. The van der Waals surface area contributed by atoms with Crippen LogP contribution in [0.5, 0.6) is 0 Å². The van der Waals surface area contributed by atoms with Gasteiger partial charge in [-0.25, -0.2) is 0 Å². The van der Waals surface area contributed by atoms with E-state index in [1.165, 1.54) is 4.90 Å². The van der Waals surface area contributed by atoms with Gasteiger partial charge in [0.2, 0.25) is 17.7 Å². The Hall–Kier alpha value is -3.16. The minimum atomic E-state index is -0.238. The quantitative estimate of drug-likeness (QED) is 0.747. The fourth-order valence-corrected chi connectivity index (χ4v) is 3.41. The number of nitrogens with zero attached hydrogens (tertiary/aromatic N) is 3. The molecule has 8 nitrogen and oxygen atoms in total. The summed E-state index contributed by atoms with van der Waals surface area (Å²) in [6.45, 7) is 7.22. The zero-order valence-corrected chi connectivity index (χ0v) is 17.1. The maximum Gasteiger partial charge on any atom is 0.244 e. The van der Waals surface area contributed by atoms with Crippen molar-refractivity contribution in [1.29, 1.82) is 0 Å². The number of anilines is 2. The van der Waals surface area contributed by atoms with E-state index in [1.807, 2.05) is 37.6 Å². The highest BCUT2D eigenvalue weighted by atomic mass is 16.2. The second kappa shape index (κ2) is 8.89. The van der Waals surface area contributed by atoms with Gasteiger partial charge in [0.15, 0.2) is 0 Å². The summed E-state index contributed by atoms with van der Waals surface area (Å²) in [6.07, 6.45) is 0.144. The fraction of sp³-hybridized carbons (Fsp3) is 0.429. The molecule has 1 aromatic heterocycles. The average Bonchev–Trinajstić information content (AvgIpc) is 3.00. The first-order valence-corrected chi connectivity index (χ1v) is 9.80. The van der Waals surface area contributed by atoms with Gasteiger partial charge in [-0.05, 0) is 38.0 Å². The Kier molecular flexibility index (Phi) is 6.31. The molecule has 0 bridgehead atoms. The van der Waals surface area contributed by atoms with Gasteiger partial charge < -0.3 is 15.5 Å². The van der Waals surface area contributed by atoms with Crippen LogP contribution in [0.3, 0.4) is 0 Å². The summed E-state index contributed by atoms with van der Waals surface area (Å²) in [4.78, 5) is 38.0. The van der Waals surface area contributed by atoms with Crippen LogP contribution in [0.2, 0.25) is 0 Å². The topological polar surface area (TPSA) is 96.3 Å². The van der Waals surface area contributed by atoms with E-state index in [0.29, 0.717) is 17.9 Å². The van der Waals surface area contributed by atoms with E-state index in [1.54, 1.807) is 18.2 Å². The van der Waals surface area contributed by atoms with Crippen LogP contribution in [0.1, 0.15) is 31.2 Å². The largest absolute Gasteiger partial charge is 0.356 e. The molecule has 154 valence electrons. The molecule has 2 heterocycles. The van der Waals surface area contributed by atoms with E-state index in [9.17, 15) is 14.4 Å². The molecule has 0 saturated carbocycles. The first kappa shape index (κ1) is 20.6. The Morgan fingerprint density at radius 1 is 1.24 bits per heavy atom. The van der Waals surface area contributed by atoms with E-state index in [2.05, 4.69) is 15.7 Å². The molecular weight excluding hydrogens is 370 g/mol. The summed E-state index contributed by atoms with van der Waals surface area (Å²) < 4.78 is 1.94. The van der Waals surface area contributed by atoms with E-state index in [4.69, 9.17) is 0 Å². The van der Waals surface area contributed by atoms with Gasteiger partial charge in [0.25, 0.3) is 0 Å². The number of para-hydroxylation sites is 2. The fourth-order valence-electron chi connectivity index (χ4n) is 3.41. The Labute approximate surface area is 170 Å². The summed E-state index contributed by atoms with van der Waals surface area (Å²) in [5.41, 5.74) is 3.35. The number of benzene rings is 1. The number of carbonyl (C=O) groups is 3. The minimum Gasteiger partial charge on any atom is -0.356 e. The van der Waals surface area contributed by atoms with Crippen LogP contribution < -0.4 is 15.5 Å². The van der Waals surface area contributed by atoms with E-state index < -0.39 is 0 Å². The molecule has 1 aliphatic rings. The van der Waals surface area contributed by atoms with Gasteiger partial charge in [-0.3, -0.25) is 19.1 Å². The Morgan fingerprint density at radius 3 is 2.72 bits per heavy atom. The molecule has 2 aromatic rings. The molecule has 3 amide bonds. The zero-order chi connectivity index (χ0) is 21.0. The van der Waals surface area contributed by atoms with Crippen molar-refractivity contribution in [2.45, 2.75) is 40.2 Å². The van der Waals surface area contributed by atoms with Crippen molar-refractivity contribution in [2.24, 2.45) is 5.92 Å². The van der Waals surface area contributed by atoms with Gasteiger partial charge in [0, 0.05) is 31.6 Å². The van der Waals surface area contributed by atoms with Crippen molar-refractivity contribution in [3.63, 3.8) is 0 Å². The number of aryl methyl sites for hydroxylation is 2. The van der Waals surface area contributed by atoms with Crippen LogP contribution in [0.15, 0.2) is 30.3 Å². The Balaban J connectivity index is 1.46. The molecule has 0 radical (unpaired) electrons. The third kappa shape index (κ3) is 5.22. The average molecular weight is 397 g/mol. The molecule has 0 aliphatic carbocycles. The second-order valence-electron chi connectivity index (χ2n) is 7.56. The molecule has 3 rings (SSSR count). The van der Waals surface area contributed by atoms with Crippen LogP contribution >= 0.6 is 0 Å². The highest BCUT2D eigenvalue weighted by Gasteiger charge is 2.26. The lowest BCUT2D eigenvalue weighted by atomic mass is 10.1. The number of rotatable bonds is 7. The summed E-state index contributed by atoms with van der Waals surface area (Å²) >= 11 is 0. The number of hydrogen-bond acceptors (Lipinski definition) is 4. The van der Waals surface area contributed by atoms with Gasteiger partial charge in [-0.2, -0.15) is 5.10 Å². The highest BCUT2D eigenvalue weighted by Crippen LogP contribution is 2.29. The molecule has 1 aromatic carbocycles. The van der Waals surface area contributed by atoms with Crippen molar-refractivity contribution < 1.29 is 14.4 Å². The Bertz CT molecular complexity index is 921. The predicted octanol–water partition coefficient (Wildman–Crippen LogP) is 2.02. The van der Waals surface area contributed by atoms with Crippen molar-refractivity contribution in [3.8, 4) is 0 Å². The van der Waals surface area contributed by atoms with Crippen LogP contribution in [0.4, 0.5) is 11.4 Å². The molecule has 29 heavy (non-hydrogen) atoms. The summed E-state index contributed by atoms with van der Waals surface area (Å²) in [6, 6.07) is 9.17. The lowest BCUT2D eigenvalue weighted by Crippen LogP contribution is -2.42. The highest BCUT2D eigenvalue weighted by molar-refractivity contribution is 6.10. The number of nitrogens with one attached hydrogen (secondary N) is 2. The summed E-state index contributed by atoms with van der Waals surface area (Å²) in [5.74, 6) is -0.434. The summed E-state index contributed by atoms with van der Waals surface area (Å²) in [7, 11) is 0. The van der Waals surface area contributed by atoms with Crippen molar-refractivity contribution >= 4 is 29.1 Å². The van der Waals surface area contributed by atoms with Crippen LogP contribution in [-0.2, 0) is 20.9 Å². The maximum absolute atomic E-state index is 12.6. The first-order valence-electron chi connectivity index (χ1n) is 9.80. The van der Waals surface area contributed by atoms with Gasteiger partial charge in [0.1, 0.15) is 6.54 Å². The molecule has 2 N–H and O–H groups in total. The Morgan fingerprint density at radius 2 is 2.00 bits per heavy atom. The van der Waals surface area contributed by atoms with E-state index in [-0.39, 0.29) is 43.0 Å². The maximum atomic E-state index is 12.6. The zero-order valence-electron chi connectivity index (χ0n) is 17.1. The number of aromatic nitrogens is 2. The van der Waals surface area contributed by atoms with E-state index >= 15 is 0 Å². The first-order chi connectivity index (χ1) is 13.8. The van der Waals surface area contributed by atoms with Gasteiger partial charge in [-0.1, -0.05) is 19.1 Å². The van der Waals surface area contributed by atoms with E-state index in [0.717, 1.165) is 17.9 Å². The molecular formula is C21H27N5O3. The lowest BCUT2D eigenvalue weighted by Gasteiger charge is -2.29. The van der Waals surface area contributed by atoms with Crippen LogP contribution in [0, 0.1) is 19.8 Å². The van der Waals surface area contributed by atoms with Crippen molar-refractivity contribution in [3.05, 3.63) is 41.7 Å². The molecule has 0 fully saturated rings. The normalized spacial score (nSPS) is 14.2. The standard InChI is InChI=1S/C21H27N5O3/c1-14(12-26-16(3)10-15(2)24-26)11-22-19(27)8-9-21(29)25-13-20(28)23-17-6-4-5-7-18(17)25/h4-7,10,14H,8-9,11-13H2,1-3H3,(H,22,27)(H,23,28)/t14-/m1/s1. The van der Waals surface area contributed by atoms with Gasteiger partial charge in [-0.15, -0.1) is 0 Å². The smallest absolute Gasteiger partial charge is 0.244 e. The van der Waals surface area contributed by atoms with Gasteiger partial charge >= 0.3 is 0 Å². The van der Waals surface area contributed by atoms with Crippen molar-refractivity contribution in [1.82, 2.24) is 15.1 Å². The third-order valence-electron chi connectivity index (χ3n) is 4.87. The molecule has 1 atom stereocenters. The number of amides is 3. The third-order valence-corrected chi connectivity index (χ3v) is 4.87. The molecule has 8 heteroatoms.